The van der Waals surface area contributed by atoms with E-state index in [1.54, 1.807) is 48.5 Å². The van der Waals surface area contributed by atoms with Gasteiger partial charge in [-0.05, 0) is 48.5 Å². The molecule has 136 valence electrons. The van der Waals surface area contributed by atoms with Crippen molar-refractivity contribution in [3.8, 4) is 5.69 Å². The number of rotatable bonds is 4. The summed E-state index contributed by atoms with van der Waals surface area (Å²) in [7, 11) is -4.22. The van der Waals surface area contributed by atoms with Crippen LogP contribution >= 0.6 is 11.6 Å². The van der Waals surface area contributed by atoms with Crippen LogP contribution in [-0.4, -0.2) is 17.7 Å². The van der Waals surface area contributed by atoms with Gasteiger partial charge in [-0.1, -0.05) is 41.9 Å². The third-order valence-electron chi connectivity index (χ3n) is 4.00. The molecule has 0 amide bonds. The van der Waals surface area contributed by atoms with Crippen molar-refractivity contribution < 1.29 is 12.7 Å². The van der Waals surface area contributed by atoms with Crippen LogP contribution < -0.4 is 9.97 Å². The van der Waals surface area contributed by atoms with Crippen molar-refractivity contribution in [3.63, 3.8) is 0 Å². The number of aromatic nitrogens is 2. The summed E-state index contributed by atoms with van der Waals surface area (Å²) in [6, 6.07) is 21.2. The second-order valence-corrected chi connectivity index (χ2v) is 7.68. The average Bonchev–Trinajstić information content (AvgIpc) is 2.94. The number of hydrogen-bond donors (Lipinski definition) is 0. The molecule has 0 saturated heterocycles. The van der Waals surface area contributed by atoms with Crippen LogP contribution in [0.3, 0.4) is 0 Å². The molecule has 0 radical (unpaired) electrons. The Morgan fingerprint density at radius 3 is 2.04 bits per heavy atom. The summed E-state index contributed by atoms with van der Waals surface area (Å²) in [5, 5.41) is 0.395. The smallest absolute Gasteiger partial charge is 0.279 e. The highest BCUT2D eigenvalue weighted by Crippen LogP contribution is 2.19. The lowest BCUT2D eigenvalue weighted by molar-refractivity contribution is 0.278. The van der Waals surface area contributed by atoms with Gasteiger partial charge in [-0.15, -0.1) is 4.73 Å². The van der Waals surface area contributed by atoms with E-state index in [2.05, 4.69) is 0 Å². The molecular weight excluding hydrogens is 388 g/mol. The third-order valence-corrected chi connectivity index (χ3v) is 5.44. The van der Waals surface area contributed by atoms with E-state index in [1.807, 2.05) is 6.07 Å². The molecule has 6 nitrogen and oxygen atoms in total. The van der Waals surface area contributed by atoms with Gasteiger partial charge in [-0.2, -0.15) is 8.42 Å². The Hall–Kier alpha value is -3.03. The van der Waals surface area contributed by atoms with Crippen LogP contribution in [0.5, 0.6) is 0 Å². The SMILES string of the molecule is O=c1n(OS(=O)(=O)c2ccc(Cl)cc2)c2ccccc2n1-c1ccccc1. The molecule has 0 unspecified atom stereocenters. The zero-order valence-corrected chi connectivity index (χ0v) is 15.4. The topological polar surface area (TPSA) is 70.3 Å². The van der Waals surface area contributed by atoms with E-state index in [9.17, 15) is 13.2 Å². The van der Waals surface area contributed by atoms with Gasteiger partial charge in [0.15, 0.2) is 0 Å². The van der Waals surface area contributed by atoms with Crippen LogP contribution in [0.25, 0.3) is 16.7 Å². The Morgan fingerprint density at radius 1 is 0.778 bits per heavy atom. The van der Waals surface area contributed by atoms with E-state index in [-0.39, 0.29) is 4.90 Å². The zero-order valence-electron chi connectivity index (χ0n) is 13.8. The molecule has 0 aliphatic carbocycles. The molecule has 3 aromatic carbocycles. The Labute approximate surface area is 159 Å². The van der Waals surface area contributed by atoms with Crippen LogP contribution in [0.1, 0.15) is 0 Å². The first-order chi connectivity index (χ1) is 13.0. The van der Waals surface area contributed by atoms with Gasteiger partial charge in [-0.3, -0.25) is 8.85 Å². The van der Waals surface area contributed by atoms with Crippen molar-refractivity contribution >= 4 is 32.8 Å². The first-order valence-electron chi connectivity index (χ1n) is 7.96. The average molecular weight is 401 g/mol. The van der Waals surface area contributed by atoms with Gasteiger partial charge in [0.1, 0.15) is 10.4 Å². The van der Waals surface area contributed by atoms with E-state index in [0.29, 0.717) is 21.7 Å². The summed E-state index contributed by atoms with van der Waals surface area (Å²) in [5.74, 6) is 0. The molecule has 0 aliphatic heterocycles. The second kappa shape index (κ2) is 6.61. The normalized spacial score (nSPS) is 11.6. The molecule has 0 bridgehead atoms. The number of imidazole rings is 1. The standard InChI is InChI=1S/C19H13ClN2O4S/c20-14-10-12-16(13-11-14)27(24,25)26-22-18-9-5-4-8-17(18)21(19(22)23)15-6-2-1-3-7-15/h1-13H. The summed E-state index contributed by atoms with van der Waals surface area (Å²) in [5.41, 5.74) is 0.841. The molecule has 0 spiro atoms. The second-order valence-electron chi connectivity index (χ2n) is 5.72. The predicted molar refractivity (Wildman–Crippen MR) is 103 cm³/mol. The van der Waals surface area contributed by atoms with Crippen molar-refractivity contribution in [1.82, 2.24) is 9.30 Å². The van der Waals surface area contributed by atoms with Crippen molar-refractivity contribution in [1.29, 1.82) is 0 Å². The Bertz CT molecular complexity index is 1280. The Morgan fingerprint density at radius 2 is 1.37 bits per heavy atom. The fourth-order valence-electron chi connectivity index (χ4n) is 2.76. The summed E-state index contributed by atoms with van der Waals surface area (Å²) in [6.45, 7) is 0. The van der Waals surface area contributed by atoms with E-state index >= 15 is 0 Å². The number of fused-ring (bicyclic) bond motifs is 1. The Kier molecular flexibility index (Phi) is 4.25. The first-order valence-corrected chi connectivity index (χ1v) is 9.74. The number of benzene rings is 3. The largest absolute Gasteiger partial charge is 0.368 e. The van der Waals surface area contributed by atoms with Gasteiger partial charge in [-0.25, -0.2) is 4.79 Å². The molecule has 0 atom stereocenters. The monoisotopic (exact) mass is 400 g/mol. The minimum Gasteiger partial charge on any atom is -0.279 e. The molecule has 4 rings (SSSR count). The van der Waals surface area contributed by atoms with Gasteiger partial charge in [0.2, 0.25) is 0 Å². The van der Waals surface area contributed by atoms with Crippen molar-refractivity contribution in [2.24, 2.45) is 0 Å². The lowest BCUT2D eigenvalue weighted by atomic mass is 10.3. The minimum absolute atomic E-state index is 0.102. The maximum atomic E-state index is 13.0. The van der Waals surface area contributed by atoms with Crippen LogP contribution in [0, 0.1) is 0 Å². The molecule has 0 aliphatic rings. The molecular formula is C19H13ClN2O4S. The molecule has 0 fully saturated rings. The van der Waals surface area contributed by atoms with Gasteiger partial charge in [0.05, 0.1) is 11.2 Å². The van der Waals surface area contributed by atoms with E-state index in [4.69, 9.17) is 15.9 Å². The lowest BCUT2D eigenvalue weighted by Crippen LogP contribution is -2.31. The van der Waals surface area contributed by atoms with Crippen LogP contribution in [0.4, 0.5) is 0 Å². The quantitative estimate of drug-likeness (QED) is 0.527. The number of hydrogen-bond acceptors (Lipinski definition) is 4. The zero-order chi connectivity index (χ0) is 19.0. The summed E-state index contributed by atoms with van der Waals surface area (Å²) in [4.78, 5) is 12.9. The lowest BCUT2D eigenvalue weighted by Gasteiger charge is -2.07. The summed E-state index contributed by atoms with van der Waals surface area (Å²) in [6.07, 6.45) is 0. The molecule has 1 aromatic heterocycles. The van der Waals surface area contributed by atoms with Gasteiger partial charge < -0.3 is 0 Å². The maximum Gasteiger partial charge on any atom is 0.368 e. The fraction of sp³-hybridized carbons (Fsp3) is 0. The van der Waals surface area contributed by atoms with Crippen molar-refractivity contribution in [2.45, 2.75) is 4.90 Å². The number of halogens is 1. The summed E-state index contributed by atoms with van der Waals surface area (Å²) >= 11 is 5.80. The highest BCUT2D eigenvalue weighted by Gasteiger charge is 2.22. The molecule has 4 aromatic rings. The van der Waals surface area contributed by atoms with E-state index in [0.717, 1.165) is 4.73 Å². The molecule has 8 heteroatoms. The third kappa shape index (κ3) is 3.11. The van der Waals surface area contributed by atoms with Crippen molar-refractivity contribution in [2.75, 3.05) is 0 Å². The molecule has 0 saturated carbocycles. The number of para-hydroxylation sites is 3. The number of nitrogens with zero attached hydrogens (tertiary/aromatic N) is 2. The molecule has 0 N–H and O–H groups in total. The fourth-order valence-corrected chi connectivity index (χ4v) is 3.78. The van der Waals surface area contributed by atoms with Gasteiger partial charge in [0, 0.05) is 5.02 Å². The minimum atomic E-state index is -4.22. The maximum absolute atomic E-state index is 13.0. The van der Waals surface area contributed by atoms with Crippen LogP contribution in [-0.2, 0) is 10.1 Å². The first kappa shape index (κ1) is 17.4. The molecule has 27 heavy (non-hydrogen) atoms. The Balaban J connectivity index is 1.89. The highest BCUT2D eigenvalue weighted by molar-refractivity contribution is 7.87. The predicted octanol–water partition coefficient (Wildman–Crippen LogP) is 3.26. The van der Waals surface area contributed by atoms with Crippen LogP contribution in [0.2, 0.25) is 5.02 Å². The molecule has 1 heterocycles. The van der Waals surface area contributed by atoms with Gasteiger partial charge >= 0.3 is 15.8 Å². The van der Waals surface area contributed by atoms with Crippen molar-refractivity contribution in [3.05, 3.63) is 94.4 Å². The van der Waals surface area contributed by atoms with E-state index < -0.39 is 15.8 Å². The van der Waals surface area contributed by atoms with Gasteiger partial charge in [0.25, 0.3) is 0 Å². The van der Waals surface area contributed by atoms with E-state index in [1.165, 1.54) is 28.8 Å². The summed E-state index contributed by atoms with van der Waals surface area (Å²) < 4.78 is 32.6. The highest BCUT2D eigenvalue weighted by atomic mass is 35.5. The van der Waals surface area contributed by atoms with Crippen LogP contribution in [0.15, 0.2) is 88.6 Å².